The zero-order valence-electron chi connectivity index (χ0n) is 17.1. The molecule has 0 unspecified atom stereocenters. The minimum atomic E-state index is -2.57. The lowest BCUT2D eigenvalue weighted by atomic mass is 10.1. The second-order valence-corrected chi connectivity index (χ2v) is 6.95. The molecule has 0 N–H and O–H groups in total. The molecule has 0 saturated heterocycles. The summed E-state index contributed by atoms with van der Waals surface area (Å²) in [6.07, 6.45) is 0. The van der Waals surface area contributed by atoms with Gasteiger partial charge in [-0.25, -0.2) is 35.1 Å². The van der Waals surface area contributed by atoms with Crippen LogP contribution in [-0.2, 0) is 0 Å². The van der Waals surface area contributed by atoms with Gasteiger partial charge in [-0.1, -0.05) is 12.1 Å². The van der Waals surface area contributed by atoms with E-state index in [4.69, 9.17) is 14.0 Å². The predicted molar refractivity (Wildman–Crippen MR) is 104 cm³/mol. The molecule has 0 aromatic heterocycles. The second kappa shape index (κ2) is 9.51. The van der Waals surface area contributed by atoms with Gasteiger partial charge in [0, 0.05) is 17.5 Å². The minimum Gasteiger partial charge on any atom is -0.489 e. The monoisotopic (exact) mass is 520 g/mol. The molecule has 14 heteroatoms. The van der Waals surface area contributed by atoms with E-state index in [0.29, 0.717) is 12.1 Å². The molecule has 0 atom stereocenters. The summed E-state index contributed by atoms with van der Waals surface area (Å²) >= 11 is 0. The normalized spacial score (nSPS) is 11.1. The number of rotatable bonds is 6. The fourth-order valence-corrected chi connectivity index (χ4v) is 3.06. The average molecular weight is 520 g/mol. The molecule has 3 nitrogen and oxygen atoms in total. The molecule has 4 aromatic carbocycles. The van der Waals surface area contributed by atoms with Crippen molar-refractivity contribution in [3.05, 3.63) is 101 Å². The minimum absolute atomic E-state index is 0.133. The van der Waals surface area contributed by atoms with Gasteiger partial charge < -0.3 is 14.0 Å². The largest absolute Gasteiger partial charge is 0.864 e. The SMILES string of the molecule is Fc1cc(F)c(F)c(OB(Oc2ccc(F)c(F)c2F)Oc2cccc3c(F)c(F)c(F)c(F)c23)c1. The lowest BCUT2D eigenvalue weighted by Crippen LogP contribution is -2.38. The number of hydrogen-bond acceptors (Lipinski definition) is 3. The van der Waals surface area contributed by atoms with Gasteiger partial charge in [-0.05, 0) is 18.2 Å². The molecule has 4 rings (SSSR count). The Kier molecular flexibility index (Phi) is 6.61. The van der Waals surface area contributed by atoms with E-state index in [9.17, 15) is 43.9 Å². The Labute approximate surface area is 194 Å². The number of fused-ring (bicyclic) bond motifs is 1. The Morgan fingerprint density at radius 2 is 1.11 bits per heavy atom. The van der Waals surface area contributed by atoms with Crippen LogP contribution in [0.25, 0.3) is 10.8 Å². The molecule has 0 bridgehead atoms. The highest BCUT2D eigenvalue weighted by molar-refractivity contribution is 6.39. The highest BCUT2D eigenvalue weighted by atomic mass is 19.2. The van der Waals surface area contributed by atoms with E-state index in [1.165, 1.54) is 0 Å². The number of hydrogen-bond donors (Lipinski definition) is 0. The second-order valence-electron chi connectivity index (χ2n) is 6.95. The lowest BCUT2D eigenvalue weighted by Gasteiger charge is -2.19. The molecule has 0 heterocycles. The Hall–Kier alpha value is -4.10. The molecule has 0 fully saturated rings. The molecular formula is C22H7BF10O3. The number of halogens is 10. The average Bonchev–Trinajstić information content (AvgIpc) is 2.84. The van der Waals surface area contributed by atoms with Crippen molar-refractivity contribution in [1.82, 2.24) is 0 Å². The van der Waals surface area contributed by atoms with Gasteiger partial charge in [-0.2, -0.15) is 8.78 Å². The summed E-state index contributed by atoms with van der Waals surface area (Å²) in [5.74, 6) is -21.9. The van der Waals surface area contributed by atoms with Crippen molar-refractivity contribution in [1.29, 1.82) is 0 Å². The van der Waals surface area contributed by atoms with Crippen LogP contribution in [0.4, 0.5) is 43.9 Å². The van der Waals surface area contributed by atoms with Crippen LogP contribution in [0.3, 0.4) is 0 Å². The highest BCUT2D eigenvalue weighted by Crippen LogP contribution is 2.34. The summed E-state index contributed by atoms with van der Waals surface area (Å²) in [7, 11) is -2.57. The fourth-order valence-electron chi connectivity index (χ4n) is 3.06. The Bertz CT molecular complexity index is 1500. The summed E-state index contributed by atoms with van der Waals surface area (Å²) in [6.45, 7) is 0. The van der Waals surface area contributed by atoms with E-state index < -0.39 is 93.5 Å². The first-order valence-corrected chi connectivity index (χ1v) is 9.52. The van der Waals surface area contributed by atoms with Gasteiger partial charge in [0.05, 0.1) is 5.39 Å². The smallest absolute Gasteiger partial charge is 0.489 e. The number of benzene rings is 4. The summed E-state index contributed by atoms with van der Waals surface area (Å²) < 4.78 is 153. The highest BCUT2D eigenvalue weighted by Gasteiger charge is 2.36. The van der Waals surface area contributed by atoms with Crippen molar-refractivity contribution in [2.45, 2.75) is 0 Å². The van der Waals surface area contributed by atoms with Crippen molar-refractivity contribution in [2.75, 3.05) is 0 Å². The maximum Gasteiger partial charge on any atom is 0.864 e. The maximum absolute atomic E-state index is 14.5. The lowest BCUT2D eigenvalue weighted by molar-refractivity contribution is 0.287. The van der Waals surface area contributed by atoms with Crippen LogP contribution in [0.5, 0.6) is 17.2 Å². The van der Waals surface area contributed by atoms with Crippen LogP contribution < -0.4 is 14.0 Å². The molecule has 0 aliphatic rings. The summed E-state index contributed by atoms with van der Waals surface area (Å²) in [4.78, 5) is 0. The van der Waals surface area contributed by atoms with Crippen LogP contribution in [0.2, 0.25) is 0 Å². The molecule has 0 aliphatic heterocycles. The van der Waals surface area contributed by atoms with Crippen LogP contribution in [0.15, 0.2) is 42.5 Å². The van der Waals surface area contributed by atoms with Gasteiger partial charge >= 0.3 is 7.32 Å². The maximum atomic E-state index is 14.5. The van der Waals surface area contributed by atoms with Crippen molar-refractivity contribution in [2.24, 2.45) is 0 Å². The van der Waals surface area contributed by atoms with E-state index in [0.717, 1.165) is 18.2 Å². The first kappa shape index (κ1) is 25.0. The predicted octanol–water partition coefficient (Wildman–Crippen LogP) is 6.75. The van der Waals surface area contributed by atoms with Crippen molar-refractivity contribution in [3.8, 4) is 17.2 Å². The first-order chi connectivity index (χ1) is 17.0. The third kappa shape index (κ3) is 4.45. The Morgan fingerprint density at radius 3 is 1.83 bits per heavy atom. The van der Waals surface area contributed by atoms with E-state index in [-0.39, 0.29) is 12.1 Å². The standard InChI is InChI=1S/C22H7BF10O3/c24-8-6-11(26)17(28)14(7-8)36-23(35-13-5-4-10(25)18(29)19(13)30)34-12-3-1-2-9-15(12)20(31)22(33)21(32)16(9)27/h1-7H. The van der Waals surface area contributed by atoms with E-state index >= 15 is 0 Å². The summed E-state index contributed by atoms with van der Waals surface area (Å²) in [5.41, 5.74) is 0. The molecule has 186 valence electrons. The third-order valence-corrected chi connectivity index (χ3v) is 4.69. The van der Waals surface area contributed by atoms with E-state index in [1.54, 1.807) is 0 Å². The van der Waals surface area contributed by atoms with Crippen molar-refractivity contribution >= 4 is 18.1 Å². The van der Waals surface area contributed by atoms with Crippen molar-refractivity contribution in [3.63, 3.8) is 0 Å². The zero-order chi connectivity index (χ0) is 26.3. The summed E-state index contributed by atoms with van der Waals surface area (Å²) in [5, 5.41) is -1.87. The van der Waals surface area contributed by atoms with Crippen LogP contribution in [0.1, 0.15) is 0 Å². The Balaban J connectivity index is 1.82. The van der Waals surface area contributed by atoms with Gasteiger partial charge in [0.1, 0.15) is 23.1 Å². The van der Waals surface area contributed by atoms with Gasteiger partial charge in [-0.3, -0.25) is 0 Å². The fraction of sp³-hybridized carbons (Fsp3) is 0. The first-order valence-electron chi connectivity index (χ1n) is 9.52. The zero-order valence-corrected chi connectivity index (χ0v) is 17.1. The van der Waals surface area contributed by atoms with E-state index in [1.807, 2.05) is 0 Å². The topological polar surface area (TPSA) is 27.7 Å². The molecular weight excluding hydrogens is 513 g/mol. The van der Waals surface area contributed by atoms with Crippen LogP contribution in [0, 0.1) is 58.2 Å². The van der Waals surface area contributed by atoms with Gasteiger partial charge in [0.25, 0.3) is 0 Å². The van der Waals surface area contributed by atoms with Gasteiger partial charge in [0.15, 0.2) is 46.5 Å². The van der Waals surface area contributed by atoms with E-state index in [2.05, 4.69) is 0 Å². The van der Waals surface area contributed by atoms with Crippen LogP contribution >= 0.6 is 0 Å². The van der Waals surface area contributed by atoms with Gasteiger partial charge in [-0.15, -0.1) is 0 Å². The van der Waals surface area contributed by atoms with Crippen LogP contribution in [-0.4, -0.2) is 7.32 Å². The molecule has 0 saturated carbocycles. The molecule has 0 radical (unpaired) electrons. The quantitative estimate of drug-likeness (QED) is 0.122. The molecule has 4 aromatic rings. The molecule has 0 aliphatic carbocycles. The van der Waals surface area contributed by atoms with Crippen molar-refractivity contribution < 1.29 is 57.9 Å². The van der Waals surface area contributed by atoms with Gasteiger partial charge in [0.2, 0.25) is 5.82 Å². The molecule has 0 amide bonds. The Morgan fingerprint density at radius 1 is 0.472 bits per heavy atom. The summed E-state index contributed by atoms with van der Waals surface area (Å²) in [6, 6.07) is 3.98. The molecule has 36 heavy (non-hydrogen) atoms. The third-order valence-electron chi connectivity index (χ3n) is 4.69. The molecule has 0 spiro atoms.